The van der Waals surface area contributed by atoms with E-state index in [1.54, 1.807) is 37.4 Å². The zero-order chi connectivity index (χ0) is 59.6. The third-order valence-electron chi connectivity index (χ3n) is 15.1. The van der Waals surface area contributed by atoms with Crippen molar-refractivity contribution < 1.29 is 61.7 Å². The van der Waals surface area contributed by atoms with Gasteiger partial charge in [-0.3, -0.25) is 9.37 Å². The van der Waals surface area contributed by atoms with Gasteiger partial charge in [-0.2, -0.15) is 0 Å². The maximum atomic E-state index is 14.8. The number of esters is 1. The number of hydrogen-bond donors (Lipinski definition) is 1. The summed E-state index contributed by atoms with van der Waals surface area (Å²) in [7, 11) is -1.75. The van der Waals surface area contributed by atoms with Gasteiger partial charge in [-0.25, -0.2) is 9.68 Å². The molecule has 0 aromatic heterocycles. The molecule has 10 rings (SSSR count). The van der Waals surface area contributed by atoms with Crippen molar-refractivity contribution in [1.82, 2.24) is 5.32 Å². The Bertz CT molecular complexity index is 3190. The number of carbonyl (C=O) groups excluding carboxylic acids is 2. The summed E-state index contributed by atoms with van der Waals surface area (Å²) in [5.41, 5.74) is 2.67. The highest BCUT2D eigenvalue weighted by Crippen LogP contribution is 2.44. The molecule has 0 saturated carbocycles. The number of benzene rings is 7. The maximum absolute atomic E-state index is 14.8. The molecule has 0 spiro atoms. The van der Waals surface area contributed by atoms with Crippen molar-refractivity contribution >= 4 is 77.1 Å². The molecule has 7 aromatic carbocycles. The number of rotatable bonds is 21. The molecular weight excluding hydrogens is 1180 g/mol. The van der Waals surface area contributed by atoms with E-state index in [0.717, 1.165) is 32.0 Å². The predicted octanol–water partition coefficient (Wildman–Crippen LogP) is 11.8. The fourth-order valence-corrected chi connectivity index (χ4v) is 16.1. The number of ether oxygens (including phenoxy) is 9. The molecule has 1 unspecified atom stereocenters. The van der Waals surface area contributed by atoms with Crippen LogP contribution < -0.4 is 20.4 Å². The number of thioether (sulfide) groups is 1. The van der Waals surface area contributed by atoms with Crippen molar-refractivity contribution in [3.63, 3.8) is 0 Å². The summed E-state index contributed by atoms with van der Waals surface area (Å²) in [5.74, 6) is -1.01. The molecule has 19 heteroatoms. The number of aryl methyl sites for hydroxylation is 1. The lowest BCUT2D eigenvalue weighted by Crippen LogP contribution is -2.70. The first-order valence-electron chi connectivity index (χ1n) is 28.0. The van der Waals surface area contributed by atoms with E-state index in [0.29, 0.717) is 11.3 Å². The molecule has 1 amide bonds. The summed E-state index contributed by atoms with van der Waals surface area (Å²) in [4.78, 5) is 36.6. The van der Waals surface area contributed by atoms with Gasteiger partial charge in [0, 0.05) is 10.5 Å². The van der Waals surface area contributed by atoms with Gasteiger partial charge >= 0.3 is 14.3 Å². The average Bonchev–Trinajstić information content (AvgIpc) is 1.42. The van der Waals surface area contributed by atoms with E-state index in [1.807, 2.05) is 153 Å². The Kier molecular flexibility index (Phi) is 20.9. The summed E-state index contributed by atoms with van der Waals surface area (Å²) in [6, 6.07) is 61.9. The molecule has 7 aromatic rings. The third-order valence-corrected chi connectivity index (χ3v) is 21.6. The Morgan fingerprint density at radius 2 is 1.21 bits per heavy atom. The molecule has 3 fully saturated rings. The van der Waals surface area contributed by atoms with Gasteiger partial charge in [-0.15, -0.1) is 0 Å². The topological polar surface area (TPSA) is 148 Å². The smallest absolute Gasteiger partial charge is 0.338 e. The maximum Gasteiger partial charge on any atom is 0.338 e. The second-order valence-corrected chi connectivity index (χ2v) is 29.6. The molecule has 0 bridgehead atoms. The third kappa shape index (κ3) is 15.2. The van der Waals surface area contributed by atoms with Crippen molar-refractivity contribution in [2.45, 2.75) is 121 Å². The lowest BCUT2D eigenvalue weighted by atomic mass is 9.94. The van der Waals surface area contributed by atoms with Gasteiger partial charge in [0.25, 0.3) is 9.70 Å². The first-order valence-corrected chi connectivity index (χ1v) is 32.0. The normalized spacial score (nSPS) is 24.4. The first-order chi connectivity index (χ1) is 41.1. The predicted molar refractivity (Wildman–Crippen MR) is 328 cm³/mol. The lowest BCUT2D eigenvalue weighted by molar-refractivity contribution is -0.368. The van der Waals surface area contributed by atoms with Crippen LogP contribution in [0.1, 0.15) is 59.7 Å². The minimum Gasteiger partial charge on any atom is -0.497 e. The van der Waals surface area contributed by atoms with Gasteiger partial charge in [-0.1, -0.05) is 237 Å². The van der Waals surface area contributed by atoms with Crippen molar-refractivity contribution in [2.75, 3.05) is 20.3 Å². The van der Waals surface area contributed by atoms with Crippen LogP contribution in [0.5, 0.6) is 5.75 Å². The van der Waals surface area contributed by atoms with Crippen molar-refractivity contribution in [1.29, 1.82) is 0 Å². The number of fused-ring (bicyclic) bond motifs is 1. The summed E-state index contributed by atoms with van der Waals surface area (Å²) in [6.45, 7) is 8.28. The molecule has 0 radical (unpaired) electrons. The number of alkyl halides is 3. The van der Waals surface area contributed by atoms with Crippen LogP contribution in [-0.4, -0.2) is 105 Å². The SMILES string of the molecule is COc1ccc(CO[C@H]2[C@H](OCc3ccccc3)[C@@H](OC(=O)c3ccccc3)[C@H](O[C@@H]3[C@@H](NC(=O)C(Cl)(Cl)Cl)[C@H](Sc4ccc(C)cc4)O[C@@H]4COC(c5ccccc5)O[C@H]34)O[C@@H]2COO[Si](c2ccccc2)(c2ccccc2)C(C)(C)C)cc1. The highest BCUT2D eigenvalue weighted by atomic mass is 35.6. The minimum atomic E-state index is -3.35. The van der Waals surface area contributed by atoms with E-state index in [1.165, 1.54) is 11.8 Å². The number of amides is 1. The zero-order valence-corrected chi connectivity index (χ0v) is 51.7. The van der Waals surface area contributed by atoms with Crippen LogP contribution in [0.2, 0.25) is 5.04 Å². The van der Waals surface area contributed by atoms with E-state index < -0.39 is 95.8 Å². The quantitative estimate of drug-likeness (QED) is 0.0239. The Morgan fingerprint density at radius 3 is 1.80 bits per heavy atom. The van der Waals surface area contributed by atoms with Crippen molar-refractivity contribution in [3.8, 4) is 5.75 Å². The van der Waals surface area contributed by atoms with E-state index in [2.05, 4.69) is 50.4 Å². The fourth-order valence-electron chi connectivity index (χ4n) is 10.8. The summed E-state index contributed by atoms with van der Waals surface area (Å²) in [6.07, 6.45) is -10.3. The van der Waals surface area contributed by atoms with E-state index in [9.17, 15) is 9.59 Å². The molecule has 85 heavy (non-hydrogen) atoms. The Labute approximate surface area is 516 Å². The second kappa shape index (κ2) is 28.5. The van der Waals surface area contributed by atoms with Gasteiger partial charge in [0.05, 0.1) is 38.5 Å². The van der Waals surface area contributed by atoms with Gasteiger partial charge < -0.3 is 47.9 Å². The summed E-state index contributed by atoms with van der Waals surface area (Å²) in [5, 5.41) is 4.44. The van der Waals surface area contributed by atoms with Gasteiger partial charge in [0.15, 0.2) is 18.7 Å². The first kappa shape index (κ1) is 62.4. The number of hydrogen-bond acceptors (Lipinski definition) is 14. The monoisotopic (exact) mass is 1250 g/mol. The Hall–Kier alpha value is -5.64. The standard InChI is InChI=1S/C66H68Cl3NO13SSi/c1-43-31-37-49(38-32-43)84-63-54(70-64(72)66(67,68)69)57(56-52(79-63)41-76-61(81-56)47-25-15-8-16-26-47)82-62-59(80-60(71)46-23-13-7-14-24-46)58(75-39-44-21-11-6-12-22-44)55(74-40-45-33-35-48(73-5)36-34-45)53(78-62)42-77-83-85(65(2,3)4,50-27-17-9-18-28-50)51-29-19-10-20-30-51/h6-38,52-59,61-63H,39-42H2,1-5H3,(H,70,72)/t52-,53-,54-,55-,56+,57-,58+,59-,61?,62+,63+/m1/s1. The molecule has 3 aliphatic heterocycles. The molecule has 14 nitrogen and oxygen atoms in total. The van der Waals surface area contributed by atoms with Gasteiger partial charge in [0.1, 0.15) is 54.4 Å². The van der Waals surface area contributed by atoms with Crippen LogP contribution in [0, 0.1) is 6.92 Å². The number of halogens is 3. The van der Waals surface area contributed by atoms with Crippen LogP contribution in [0.4, 0.5) is 0 Å². The summed E-state index contributed by atoms with van der Waals surface area (Å²) >= 11 is 20.5. The van der Waals surface area contributed by atoms with Gasteiger partial charge in [0.2, 0.25) is 0 Å². The average molecular weight is 1250 g/mol. The second-order valence-electron chi connectivity index (χ2n) is 21.9. The molecule has 3 heterocycles. The van der Waals surface area contributed by atoms with E-state index >= 15 is 0 Å². The molecule has 446 valence electrons. The zero-order valence-electron chi connectivity index (χ0n) is 47.6. The molecule has 0 aliphatic carbocycles. The number of carbonyl (C=O) groups is 2. The lowest BCUT2D eigenvalue weighted by Gasteiger charge is -2.52. The van der Waals surface area contributed by atoms with Crippen LogP contribution in [0.15, 0.2) is 205 Å². The van der Waals surface area contributed by atoms with E-state index in [-0.39, 0.29) is 32.0 Å². The van der Waals surface area contributed by atoms with Crippen molar-refractivity contribution in [3.05, 3.63) is 228 Å². The van der Waals surface area contributed by atoms with Crippen LogP contribution in [0.25, 0.3) is 0 Å². The Morgan fingerprint density at radius 1 is 0.647 bits per heavy atom. The molecule has 3 aliphatic rings. The molecule has 3 saturated heterocycles. The van der Waals surface area contributed by atoms with Crippen LogP contribution >= 0.6 is 46.6 Å². The number of methoxy groups -OCH3 is 1. The Balaban J connectivity index is 1.11. The number of nitrogens with one attached hydrogen (secondary N) is 1. The largest absolute Gasteiger partial charge is 0.497 e. The van der Waals surface area contributed by atoms with E-state index in [4.69, 9.17) is 86.9 Å². The van der Waals surface area contributed by atoms with Gasteiger partial charge in [-0.05, 0) is 69.9 Å². The highest BCUT2D eigenvalue weighted by Gasteiger charge is 2.58. The minimum absolute atomic E-state index is 0.0323. The summed E-state index contributed by atoms with van der Waals surface area (Å²) < 4.78 is 66.1. The van der Waals surface area contributed by atoms with Crippen LogP contribution in [-0.2, 0) is 65.4 Å². The molecule has 11 atom stereocenters. The van der Waals surface area contributed by atoms with Crippen LogP contribution in [0.3, 0.4) is 0 Å². The molecular formula is C66H68Cl3NO13SSi. The molecule has 1 N–H and O–H groups in total. The highest BCUT2D eigenvalue weighted by molar-refractivity contribution is 7.99. The van der Waals surface area contributed by atoms with Crippen molar-refractivity contribution in [2.24, 2.45) is 0 Å². The fraction of sp³-hybridized carbons (Fsp3) is 0.333.